The van der Waals surface area contributed by atoms with Gasteiger partial charge in [-0.15, -0.1) is 0 Å². The first-order valence-electron chi connectivity index (χ1n) is 6.33. The predicted octanol–water partition coefficient (Wildman–Crippen LogP) is 3.85. The van der Waals surface area contributed by atoms with E-state index in [2.05, 4.69) is 19.1 Å². The Labute approximate surface area is 122 Å². The lowest BCUT2D eigenvalue weighted by atomic mass is 10.1. The van der Waals surface area contributed by atoms with E-state index in [0.29, 0.717) is 11.3 Å². The van der Waals surface area contributed by atoms with E-state index in [9.17, 15) is 4.39 Å². The van der Waals surface area contributed by atoms with Gasteiger partial charge < -0.3 is 5.73 Å². The van der Waals surface area contributed by atoms with Crippen molar-refractivity contribution < 1.29 is 4.39 Å². The maximum absolute atomic E-state index is 14.1. The van der Waals surface area contributed by atoms with Crippen molar-refractivity contribution in [1.82, 2.24) is 0 Å². The van der Waals surface area contributed by atoms with E-state index in [-0.39, 0.29) is 17.2 Å². The molecule has 0 atom stereocenters. The fourth-order valence-electron chi connectivity index (χ4n) is 1.94. The monoisotopic (exact) mass is 288 g/mol. The maximum Gasteiger partial charge on any atom is 0.138 e. The second-order valence-corrected chi connectivity index (χ2v) is 5.60. The van der Waals surface area contributed by atoms with Crippen LogP contribution in [0.5, 0.6) is 0 Å². The van der Waals surface area contributed by atoms with Crippen molar-refractivity contribution in [2.75, 3.05) is 0 Å². The van der Waals surface area contributed by atoms with E-state index >= 15 is 0 Å². The third kappa shape index (κ3) is 3.39. The minimum atomic E-state index is -0.378. The molecule has 0 bridgehead atoms. The van der Waals surface area contributed by atoms with Gasteiger partial charge in [0.2, 0.25) is 0 Å². The zero-order valence-corrected chi connectivity index (χ0v) is 12.1. The quantitative estimate of drug-likeness (QED) is 0.648. The Kier molecular flexibility index (Phi) is 4.79. The molecule has 3 N–H and O–H groups in total. The third-order valence-corrected chi connectivity index (χ3v) is 4.18. The van der Waals surface area contributed by atoms with Gasteiger partial charge in [0.05, 0.1) is 5.56 Å². The highest BCUT2D eigenvalue weighted by atomic mass is 32.2. The van der Waals surface area contributed by atoms with Gasteiger partial charge in [-0.05, 0) is 29.7 Å². The minimum Gasteiger partial charge on any atom is -0.384 e. The Morgan fingerprint density at radius 2 is 1.75 bits per heavy atom. The molecule has 0 saturated heterocycles. The van der Waals surface area contributed by atoms with E-state index in [0.717, 1.165) is 5.75 Å². The molecule has 2 nitrogen and oxygen atoms in total. The summed E-state index contributed by atoms with van der Waals surface area (Å²) in [6.07, 6.45) is 0. The number of aryl methyl sites for hydroxylation is 1. The average molecular weight is 288 g/mol. The molecule has 0 aliphatic carbocycles. The molecule has 2 aromatic rings. The normalized spacial score (nSPS) is 10.5. The first kappa shape index (κ1) is 14.6. The van der Waals surface area contributed by atoms with Gasteiger partial charge in [-0.3, -0.25) is 5.41 Å². The van der Waals surface area contributed by atoms with Crippen LogP contribution in [0.1, 0.15) is 22.3 Å². The topological polar surface area (TPSA) is 49.9 Å². The van der Waals surface area contributed by atoms with Crippen molar-refractivity contribution in [2.45, 2.75) is 18.4 Å². The smallest absolute Gasteiger partial charge is 0.138 e. The van der Waals surface area contributed by atoms with Crippen LogP contribution in [0.4, 0.5) is 4.39 Å². The van der Waals surface area contributed by atoms with Crippen molar-refractivity contribution in [1.29, 1.82) is 5.41 Å². The Morgan fingerprint density at radius 3 is 2.45 bits per heavy atom. The van der Waals surface area contributed by atoms with Crippen LogP contribution >= 0.6 is 11.8 Å². The van der Waals surface area contributed by atoms with Gasteiger partial charge in [-0.25, -0.2) is 4.39 Å². The first-order chi connectivity index (χ1) is 9.59. The Bertz CT molecular complexity index is 626. The molecule has 104 valence electrons. The van der Waals surface area contributed by atoms with E-state index in [4.69, 9.17) is 11.1 Å². The average Bonchev–Trinajstić information content (AvgIpc) is 2.42. The highest BCUT2D eigenvalue weighted by molar-refractivity contribution is 7.97. The summed E-state index contributed by atoms with van der Waals surface area (Å²) < 4.78 is 14.1. The Hall–Kier alpha value is -1.81. The summed E-state index contributed by atoms with van der Waals surface area (Å²) in [7, 11) is 0. The van der Waals surface area contributed by atoms with Gasteiger partial charge in [-0.2, -0.15) is 11.8 Å². The van der Waals surface area contributed by atoms with Gasteiger partial charge in [0.1, 0.15) is 11.7 Å². The van der Waals surface area contributed by atoms with Crippen LogP contribution in [0, 0.1) is 18.2 Å². The predicted molar refractivity (Wildman–Crippen MR) is 83.6 cm³/mol. The number of nitrogens with one attached hydrogen (secondary N) is 1. The number of nitrogens with two attached hydrogens (primary N) is 1. The summed E-state index contributed by atoms with van der Waals surface area (Å²) in [6, 6.07) is 13.2. The van der Waals surface area contributed by atoms with E-state index in [1.54, 1.807) is 23.9 Å². The Morgan fingerprint density at radius 1 is 1.10 bits per heavy atom. The third-order valence-electron chi connectivity index (χ3n) is 3.15. The van der Waals surface area contributed by atoms with Crippen LogP contribution in [-0.2, 0) is 11.5 Å². The summed E-state index contributed by atoms with van der Waals surface area (Å²) in [5, 5.41) is 7.34. The van der Waals surface area contributed by atoms with Gasteiger partial charge in [-0.1, -0.05) is 36.4 Å². The molecule has 20 heavy (non-hydrogen) atoms. The molecule has 0 fully saturated rings. The van der Waals surface area contributed by atoms with Crippen molar-refractivity contribution in [2.24, 2.45) is 5.73 Å². The zero-order chi connectivity index (χ0) is 14.5. The van der Waals surface area contributed by atoms with Crippen molar-refractivity contribution in [3.63, 3.8) is 0 Å². The zero-order valence-electron chi connectivity index (χ0n) is 11.3. The minimum absolute atomic E-state index is 0.180. The highest BCUT2D eigenvalue weighted by Gasteiger charge is 2.10. The SMILES string of the molecule is Cc1ccccc1CSCc1cccc(C(=N)N)c1F. The van der Waals surface area contributed by atoms with E-state index in [1.165, 1.54) is 17.2 Å². The standard InChI is InChI=1S/C16H17FN2S/c1-11-5-2-3-6-12(11)9-20-10-13-7-4-8-14(15(13)17)16(18)19/h2-8H,9-10H2,1H3,(H3,18,19). The summed E-state index contributed by atoms with van der Waals surface area (Å²) in [5.41, 5.74) is 8.65. The molecule has 2 rings (SSSR count). The number of thioether (sulfide) groups is 1. The molecule has 0 spiro atoms. The van der Waals surface area contributed by atoms with Crippen LogP contribution < -0.4 is 5.73 Å². The second kappa shape index (κ2) is 6.57. The second-order valence-electron chi connectivity index (χ2n) is 4.61. The van der Waals surface area contributed by atoms with Crippen molar-refractivity contribution >= 4 is 17.6 Å². The van der Waals surface area contributed by atoms with Crippen LogP contribution in [-0.4, -0.2) is 5.84 Å². The summed E-state index contributed by atoms with van der Waals surface area (Å²) in [4.78, 5) is 0. The maximum atomic E-state index is 14.1. The molecule has 0 aromatic heterocycles. The Balaban J connectivity index is 2.03. The van der Waals surface area contributed by atoms with Crippen LogP contribution in [0.2, 0.25) is 0 Å². The molecule has 4 heteroatoms. The largest absolute Gasteiger partial charge is 0.384 e. The summed E-state index contributed by atoms with van der Waals surface area (Å²) in [6.45, 7) is 2.08. The lowest BCUT2D eigenvalue weighted by molar-refractivity contribution is 0.614. The molecular formula is C16H17FN2S. The molecular weight excluding hydrogens is 271 g/mol. The number of hydrogen-bond acceptors (Lipinski definition) is 2. The lowest BCUT2D eigenvalue weighted by Crippen LogP contribution is -2.14. The molecule has 0 saturated carbocycles. The highest BCUT2D eigenvalue weighted by Crippen LogP contribution is 2.22. The van der Waals surface area contributed by atoms with Crippen LogP contribution in [0.15, 0.2) is 42.5 Å². The molecule has 0 amide bonds. The fourth-order valence-corrected chi connectivity index (χ4v) is 3.03. The molecule has 0 aliphatic heterocycles. The number of rotatable bonds is 5. The number of benzene rings is 2. The fraction of sp³-hybridized carbons (Fsp3) is 0.188. The van der Waals surface area contributed by atoms with Gasteiger partial charge in [0, 0.05) is 11.5 Å². The number of halogens is 1. The van der Waals surface area contributed by atoms with Crippen LogP contribution in [0.25, 0.3) is 0 Å². The van der Waals surface area contributed by atoms with Gasteiger partial charge >= 0.3 is 0 Å². The van der Waals surface area contributed by atoms with Gasteiger partial charge in [0.25, 0.3) is 0 Å². The molecule has 0 unspecified atom stereocenters. The van der Waals surface area contributed by atoms with E-state index < -0.39 is 0 Å². The molecule has 0 aliphatic rings. The summed E-state index contributed by atoms with van der Waals surface area (Å²) in [5.74, 6) is 0.808. The van der Waals surface area contributed by atoms with Crippen LogP contribution in [0.3, 0.4) is 0 Å². The number of nitrogen functional groups attached to an aromatic ring is 1. The lowest BCUT2D eigenvalue weighted by Gasteiger charge is -2.08. The molecule has 2 aromatic carbocycles. The van der Waals surface area contributed by atoms with Gasteiger partial charge in [0.15, 0.2) is 0 Å². The summed E-state index contributed by atoms with van der Waals surface area (Å²) >= 11 is 1.66. The van der Waals surface area contributed by atoms with Crippen molar-refractivity contribution in [3.8, 4) is 0 Å². The van der Waals surface area contributed by atoms with Crippen molar-refractivity contribution in [3.05, 3.63) is 70.5 Å². The molecule has 0 heterocycles. The number of hydrogen-bond donors (Lipinski definition) is 2. The molecule has 0 radical (unpaired) electrons. The van der Waals surface area contributed by atoms with E-state index in [1.807, 2.05) is 12.1 Å². The number of amidine groups is 1. The first-order valence-corrected chi connectivity index (χ1v) is 7.49.